The van der Waals surface area contributed by atoms with Crippen LogP contribution in [0.4, 0.5) is 4.39 Å². The summed E-state index contributed by atoms with van der Waals surface area (Å²) in [4.78, 5) is 12.3. The highest BCUT2D eigenvalue weighted by Gasteiger charge is 2.14. The van der Waals surface area contributed by atoms with Crippen LogP contribution in [0.25, 0.3) is 0 Å². The number of nitrogens with one attached hydrogen (secondary N) is 1. The third-order valence-electron chi connectivity index (χ3n) is 2.33. The first-order chi connectivity index (χ1) is 8.04. The number of amides is 1. The number of ether oxygens (including phenoxy) is 1. The molecule has 0 radical (unpaired) electrons. The smallest absolute Gasteiger partial charge is 0.254 e. The highest BCUT2D eigenvalue weighted by Crippen LogP contribution is 2.13. The molecule has 1 aromatic carbocycles. The van der Waals surface area contributed by atoms with Gasteiger partial charge in [0.2, 0.25) is 0 Å². The Kier molecular flexibility index (Phi) is 5.44. The van der Waals surface area contributed by atoms with Gasteiger partial charge >= 0.3 is 0 Å². The van der Waals surface area contributed by atoms with Crippen LogP contribution in [0.1, 0.15) is 23.7 Å². The van der Waals surface area contributed by atoms with Crippen LogP contribution in [0.15, 0.2) is 23.1 Å². The fraction of sp³-hybridized carbons (Fsp3) is 0.417. The first-order valence-electron chi connectivity index (χ1n) is 5.33. The number of thiol groups is 1. The maximum absolute atomic E-state index is 13.4. The molecule has 0 saturated carbocycles. The number of carbonyl (C=O) groups is 1. The summed E-state index contributed by atoms with van der Waals surface area (Å²) in [7, 11) is 1.60. The van der Waals surface area contributed by atoms with Gasteiger partial charge in [-0.25, -0.2) is 4.39 Å². The van der Waals surface area contributed by atoms with Crippen LogP contribution in [-0.4, -0.2) is 25.7 Å². The van der Waals surface area contributed by atoms with Gasteiger partial charge in [0.15, 0.2) is 0 Å². The first-order valence-corrected chi connectivity index (χ1v) is 5.77. The summed E-state index contributed by atoms with van der Waals surface area (Å²) in [6, 6.07) is 4.09. The van der Waals surface area contributed by atoms with Crippen LogP contribution in [-0.2, 0) is 4.74 Å². The van der Waals surface area contributed by atoms with Crippen molar-refractivity contribution in [2.75, 3.05) is 13.7 Å². The molecule has 1 atom stereocenters. The SMILES string of the molecule is COCCC(C)NC(=O)c1cc(S)ccc1F. The Hall–Kier alpha value is -1.07. The van der Waals surface area contributed by atoms with Crippen LogP contribution >= 0.6 is 12.6 Å². The van der Waals surface area contributed by atoms with E-state index in [0.717, 1.165) is 0 Å². The van der Waals surface area contributed by atoms with Gasteiger partial charge in [0.25, 0.3) is 5.91 Å². The standard InChI is InChI=1S/C12H16FNO2S/c1-8(5-6-16-2)14-12(15)10-7-9(17)3-4-11(10)13/h3-4,7-8,17H,5-6H2,1-2H3,(H,14,15). The fourth-order valence-corrected chi connectivity index (χ4v) is 1.56. The Morgan fingerprint density at radius 1 is 1.59 bits per heavy atom. The summed E-state index contributed by atoms with van der Waals surface area (Å²) < 4.78 is 18.3. The van der Waals surface area contributed by atoms with Crippen molar-refractivity contribution >= 4 is 18.5 Å². The minimum absolute atomic E-state index is 0.0155. The van der Waals surface area contributed by atoms with E-state index < -0.39 is 11.7 Å². The van der Waals surface area contributed by atoms with Gasteiger partial charge in [-0.1, -0.05) is 0 Å². The number of methoxy groups -OCH3 is 1. The Morgan fingerprint density at radius 2 is 2.29 bits per heavy atom. The lowest BCUT2D eigenvalue weighted by molar-refractivity contribution is 0.0925. The van der Waals surface area contributed by atoms with E-state index in [1.165, 1.54) is 18.2 Å². The number of rotatable bonds is 5. The average molecular weight is 257 g/mol. The number of carbonyl (C=O) groups excluding carboxylic acids is 1. The lowest BCUT2D eigenvalue weighted by atomic mass is 10.1. The molecule has 0 heterocycles. The largest absolute Gasteiger partial charge is 0.385 e. The number of hydrogen-bond donors (Lipinski definition) is 2. The van der Waals surface area contributed by atoms with Crippen molar-refractivity contribution in [1.29, 1.82) is 0 Å². The van der Waals surface area contributed by atoms with Gasteiger partial charge in [-0.05, 0) is 31.5 Å². The second-order valence-electron chi connectivity index (χ2n) is 3.82. The Morgan fingerprint density at radius 3 is 2.94 bits per heavy atom. The van der Waals surface area contributed by atoms with E-state index >= 15 is 0 Å². The van der Waals surface area contributed by atoms with Crippen molar-refractivity contribution < 1.29 is 13.9 Å². The monoisotopic (exact) mass is 257 g/mol. The molecule has 0 bridgehead atoms. The maximum atomic E-state index is 13.4. The molecule has 5 heteroatoms. The van der Waals surface area contributed by atoms with E-state index in [1.807, 2.05) is 6.92 Å². The summed E-state index contributed by atoms with van der Waals surface area (Å²) in [6.45, 7) is 2.40. The van der Waals surface area contributed by atoms with E-state index in [-0.39, 0.29) is 11.6 Å². The molecule has 94 valence electrons. The van der Waals surface area contributed by atoms with Crippen molar-refractivity contribution in [1.82, 2.24) is 5.32 Å². The van der Waals surface area contributed by atoms with Crippen LogP contribution in [0.3, 0.4) is 0 Å². The molecule has 17 heavy (non-hydrogen) atoms. The Balaban J connectivity index is 2.66. The molecule has 0 aliphatic carbocycles. The molecule has 0 fully saturated rings. The summed E-state index contributed by atoms with van der Waals surface area (Å²) in [6.07, 6.45) is 0.685. The van der Waals surface area contributed by atoms with Crippen molar-refractivity contribution in [2.45, 2.75) is 24.3 Å². The zero-order valence-corrected chi connectivity index (χ0v) is 10.8. The first kappa shape index (κ1) is 14.0. The van der Waals surface area contributed by atoms with E-state index in [4.69, 9.17) is 4.74 Å². The average Bonchev–Trinajstić information content (AvgIpc) is 2.29. The maximum Gasteiger partial charge on any atom is 0.254 e. The van der Waals surface area contributed by atoms with Crippen molar-refractivity contribution in [3.8, 4) is 0 Å². The van der Waals surface area contributed by atoms with Gasteiger partial charge in [-0.15, -0.1) is 12.6 Å². The predicted octanol–water partition coefficient (Wildman–Crippen LogP) is 2.27. The minimum atomic E-state index is -0.542. The quantitative estimate of drug-likeness (QED) is 0.794. The van der Waals surface area contributed by atoms with Crippen LogP contribution in [0.5, 0.6) is 0 Å². The highest BCUT2D eigenvalue weighted by molar-refractivity contribution is 7.80. The molecule has 1 unspecified atom stereocenters. The molecule has 0 spiro atoms. The molecule has 3 nitrogen and oxygen atoms in total. The molecule has 1 rings (SSSR count). The van der Waals surface area contributed by atoms with Crippen molar-refractivity contribution in [2.24, 2.45) is 0 Å². The minimum Gasteiger partial charge on any atom is -0.385 e. The number of halogens is 1. The van der Waals surface area contributed by atoms with Crippen LogP contribution < -0.4 is 5.32 Å². The number of benzene rings is 1. The third-order valence-corrected chi connectivity index (χ3v) is 2.61. The molecule has 0 aromatic heterocycles. The van der Waals surface area contributed by atoms with E-state index in [0.29, 0.717) is 17.9 Å². The molecule has 0 aliphatic rings. The summed E-state index contributed by atoms with van der Waals surface area (Å²) in [5.74, 6) is -0.971. The predicted molar refractivity (Wildman–Crippen MR) is 67.1 cm³/mol. The van der Waals surface area contributed by atoms with Gasteiger partial charge in [0.05, 0.1) is 5.56 Å². The lowest BCUT2D eigenvalue weighted by Crippen LogP contribution is -2.33. The van der Waals surface area contributed by atoms with Gasteiger partial charge < -0.3 is 10.1 Å². The van der Waals surface area contributed by atoms with Crippen LogP contribution in [0.2, 0.25) is 0 Å². The van der Waals surface area contributed by atoms with E-state index in [2.05, 4.69) is 17.9 Å². The van der Waals surface area contributed by atoms with Gasteiger partial charge in [-0.2, -0.15) is 0 Å². The zero-order valence-electron chi connectivity index (χ0n) is 9.87. The highest BCUT2D eigenvalue weighted by atomic mass is 32.1. The van der Waals surface area contributed by atoms with E-state index in [9.17, 15) is 9.18 Å². The number of hydrogen-bond acceptors (Lipinski definition) is 3. The Labute approximate surface area is 106 Å². The molecule has 1 amide bonds. The summed E-state index contributed by atoms with van der Waals surface area (Å²) in [5, 5.41) is 2.71. The van der Waals surface area contributed by atoms with Gasteiger partial charge in [0.1, 0.15) is 5.82 Å². The summed E-state index contributed by atoms with van der Waals surface area (Å²) >= 11 is 4.08. The zero-order chi connectivity index (χ0) is 12.8. The third kappa shape index (κ3) is 4.36. The Bertz CT molecular complexity index is 398. The molecule has 0 aliphatic heterocycles. The summed E-state index contributed by atoms with van der Waals surface area (Å²) in [5.41, 5.74) is 0.0155. The van der Waals surface area contributed by atoms with Crippen molar-refractivity contribution in [3.05, 3.63) is 29.6 Å². The van der Waals surface area contributed by atoms with Crippen LogP contribution in [0, 0.1) is 5.82 Å². The second kappa shape index (κ2) is 6.61. The normalized spacial score (nSPS) is 12.2. The second-order valence-corrected chi connectivity index (χ2v) is 4.34. The van der Waals surface area contributed by atoms with Crippen molar-refractivity contribution in [3.63, 3.8) is 0 Å². The van der Waals surface area contributed by atoms with E-state index in [1.54, 1.807) is 7.11 Å². The molecular formula is C12H16FNO2S. The molecule has 1 N–H and O–H groups in total. The van der Waals surface area contributed by atoms with Gasteiger partial charge in [-0.3, -0.25) is 4.79 Å². The topological polar surface area (TPSA) is 38.3 Å². The fourth-order valence-electron chi connectivity index (χ4n) is 1.36. The lowest BCUT2D eigenvalue weighted by Gasteiger charge is -2.13. The molecular weight excluding hydrogens is 241 g/mol. The molecule has 0 saturated heterocycles. The molecule has 1 aromatic rings. The van der Waals surface area contributed by atoms with Gasteiger partial charge in [0, 0.05) is 24.7 Å².